The highest BCUT2D eigenvalue weighted by atomic mass is 14.8. The van der Waals surface area contributed by atoms with E-state index in [9.17, 15) is 0 Å². The monoisotopic (exact) mass is 236 g/mol. The third-order valence-electron chi connectivity index (χ3n) is 2.60. The van der Waals surface area contributed by atoms with E-state index in [4.69, 9.17) is 0 Å². The SMILES string of the molecule is C(=NCCc1ccccc1)=NCc1ccccc1. The van der Waals surface area contributed by atoms with Crippen molar-refractivity contribution in [3.63, 3.8) is 0 Å². The van der Waals surface area contributed by atoms with Crippen LogP contribution in [0.15, 0.2) is 70.6 Å². The lowest BCUT2D eigenvalue weighted by Gasteiger charge is -1.94. The first-order chi connectivity index (χ1) is 8.95. The van der Waals surface area contributed by atoms with Gasteiger partial charge in [0.2, 0.25) is 0 Å². The molecule has 0 amide bonds. The molecule has 0 aliphatic rings. The lowest BCUT2D eigenvalue weighted by Crippen LogP contribution is -1.87. The molecule has 90 valence electrons. The number of hydrogen-bond acceptors (Lipinski definition) is 2. The highest BCUT2D eigenvalue weighted by Gasteiger charge is 1.88. The first-order valence-corrected chi connectivity index (χ1v) is 6.11. The minimum absolute atomic E-state index is 0.648. The van der Waals surface area contributed by atoms with Crippen LogP contribution in [0.2, 0.25) is 0 Å². The van der Waals surface area contributed by atoms with Gasteiger partial charge >= 0.3 is 0 Å². The maximum absolute atomic E-state index is 4.17. The van der Waals surface area contributed by atoms with Crippen LogP contribution < -0.4 is 0 Å². The average molecular weight is 236 g/mol. The van der Waals surface area contributed by atoms with E-state index in [-0.39, 0.29) is 0 Å². The van der Waals surface area contributed by atoms with Gasteiger partial charge in [0.15, 0.2) is 0 Å². The molecule has 0 N–H and O–H groups in total. The van der Waals surface area contributed by atoms with Gasteiger partial charge in [-0.15, -0.1) is 0 Å². The second-order valence-corrected chi connectivity index (χ2v) is 4.02. The van der Waals surface area contributed by atoms with Crippen molar-refractivity contribution in [1.82, 2.24) is 0 Å². The number of nitrogens with zero attached hydrogens (tertiary/aromatic N) is 2. The number of aliphatic imine (C=N–C) groups is 2. The van der Waals surface area contributed by atoms with E-state index in [0.717, 1.165) is 13.0 Å². The maximum Gasteiger partial charge on any atom is 0.0896 e. The van der Waals surface area contributed by atoms with Crippen LogP contribution in [0.5, 0.6) is 0 Å². The Morgan fingerprint density at radius 3 is 2.00 bits per heavy atom. The number of hydrogen-bond donors (Lipinski definition) is 0. The fourth-order valence-electron chi connectivity index (χ4n) is 1.64. The Kier molecular flexibility index (Phi) is 4.92. The Balaban J connectivity index is 1.75. The third-order valence-corrected chi connectivity index (χ3v) is 2.60. The highest BCUT2D eigenvalue weighted by Crippen LogP contribution is 2.00. The first-order valence-electron chi connectivity index (χ1n) is 6.11. The number of benzene rings is 2. The summed E-state index contributed by atoms with van der Waals surface area (Å²) in [6.45, 7) is 1.39. The Hall–Kier alpha value is -2.18. The van der Waals surface area contributed by atoms with Gasteiger partial charge in [-0.2, -0.15) is 0 Å². The summed E-state index contributed by atoms with van der Waals surface area (Å²) in [7, 11) is 0. The van der Waals surface area contributed by atoms with Crippen LogP contribution in [0.1, 0.15) is 11.1 Å². The van der Waals surface area contributed by atoms with Crippen molar-refractivity contribution in [2.24, 2.45) is 9.98 Å². The Bertz CT molecular complexity index is 511. The molecule has 2 rings (SSSR count). The molecular weight excluding hydrogens is 220 g/mol. The van der Waals surface area contributed by atoms with Crippen molar-refractivity contribution in [2.75, 3.05) is 6.54 Å². The molecule has 2 aromatic carbocycles. The van der Waals surface area contributed by atoms with Crippen molar-refractivity contribution < 1.29 is 0 Å². The minimum Gasteiger partial charge on any atom is -0.225 e. The van der Waals surface area contributed by atoms with Gasteiger partial charge in [-0.05, 0) is 17.5 Å². The Morgan fingerprint density at radius 2 is 1.33 bits per heavy atom. The van der Waals surface area contributed by atoms with Crippen LogP contribution >= 0.6 is 0 Å². The van der Waals surface area contributed by atoms with Gasteiger partial charge in [0.25, 0.3) is 0 Å². The van der Waals surface area contributed by atoms with Crippen LogP contribution in [0.25, 0.3) is 0 Å². The normalized spacial score (nSPS) is 9.56. The van der Waals surface area contributed by atoms with Gasteiger partial charge in [0, 0.05) is 0 Å². The molecule has 0 heterocycles. The van der Waals surface area contributed by atoms with Crippen molar-refractivity contribution >= 4 is 6.01 Å². The molecule has 0 aliphatic heterocycles. The van der Waals surface area contributed by atoms with Crippen molar-refractivity contribution in [2.45, 2.75) is 13.0 Å². The molecule has 18 heavy (non-hydrogen) atoms. The van der Waals surface area contributed by atoms with E-state index < -0.39 is 0 Å². The summed E-state index contributed by atoms with van der Waals surface area (Å²) in [4.78, 5) is 8.32. The van der Waals surface area contributed by atoms with Gasteiger partial charge in [0.1, 0.15) is 0 Å². The van der Waals surface area contributed by atoms with E-state index in [1.54, 1.807) is 0 Å². The van der Waals surface area contributed by atoms with E-state index >= 15 is 0 Å². The molecule has 0 saturated heterocycles. The summed E-state index contributed by atoms with van der Waals surface area (Å²) < 4.78 is 0. The fraction of sp³-hybridized carbons (Fsp3) is 0.188. The second kappa shape index (κ2) is 7.21. The summed E-state index contributed by atoms with van der Waals surface area (Å²) in [6.07, 6.45) is 0.939. The third kappa shape index (κ3) is 4.36. The molecule has 0 fully saturated rings. The average Bonchev–Trinajstić information content (AvgIpc) is 2.45. The quantitative estimate of drug-likeness (QED) is 0.709. The van der Waals surface area contributed by atoms with E-state index in [1.165, 1.54) is 11.1 Å². The lowest BCUT2D eigenvalue weighted by molar-refractivity contribution is 0.968. The zero-order chi connectivity index (χ0) is 12.5. The number of rotatable bonds is 5. The minimum atomic E-state index is 0.648. The summed E-state index contributed by atoms with van der Waals surface area (Å²) in [6, 6.07) is 23.2. The van der Waals surface area contributed by atoms with Crippen LogP contribution in [-0.2, 0) is 13.0 Å². The van der Waals surface area contributed by atoms with E-state index in [0.29, 0.717) is 6.54 Å². The zero-order valence-corrected chi connectivity index (χ0v) is 10.3. The molecule has 0 spiro atoms. The fourth-order valence-corrected chi connectivity index (χ4v) is 1.64. The molecule has 2 heteroatoms. The van der Waals surface area contributed by atoms with E-state index in [2.05, 4.69) is 40.3 Å². The molecule has 2 nitrogen and oxygen atoms in total. The first kappa shape index (κ1) is 12.3. The maximum atomic E-state index is 4.17. The van der Waals surface area contributed by atoms with Gasteiger partial charge in [0.05, 0.1) is 19.1 Å². The predicted octanol–water partition coefficient (Wildman–Crippen LogP) is 3.60. The standard InChI is InChI=1S/C16H16N2/c1-3-7-15(8-4-1)11-12-17-14-18-13-16-9-5-2-6-10-16/h1-10H,11-13H2. The summed E-state index contributed by atoms with van der Waals surface area (Å²) in [5.74, 6) is 0. The van der Waals surface area contributed by atoms with Crippen molar-refractivity contribution in [1.29, 1.82) is 0 Å². The van der Waals surface area contributed by atoms with Gasteiger partial charge < -0.3 is 0 Å². The molecule has 0 radical (unpaired) electrons. The largest absolute Gasteiger partial charge is 0.225 e. The lowest BCUT2D eigenvalue weighted by atomic mass is 10.2. The topological polar surface area (TPSA) is 24.7 Å². The van der Waals surface area contributed by atoms with Crippen LogP contribution in [-0.4, -0.2) is 12.6 Å². The van der Waals surface area contributed by atoms with Crippen LogP contribution in [0, 0.1) is 0 Å². The van der Waals surface area contributed by atoms with Crippen molar-refractivity contribution in [3.8, 4) is 0 Å². The van der Waals surface area contributed by atoms with Crippen LogP contribution in [0.4, 0.5) is 0 Å². The summed E-state index contributed by atoms with van der Waals surface area (Å²) in [5.41, 5.74) is 2.48. The van der Waals surface area contributed by atoms with E-state index in [1.807, 2.05) is 36.4 Å². The summed E-state index contributed by atoms with van der Waals surface area (Å²) >= 11 is 0. The summed E-state index contributed by atoms with van der Waals surface area (Å²) in [5, 5.41) is 0. The Labute approximate surface area is 108 Å². The van der Waals surface area contributed by atoms with Gasteiger partial charge in [-0.1, -0.05) is 60.7 Å². The molecule has 0 saturated carbocycles. The molecular formula is C16H16N2. The molecule has 0 atom stereocenters. The predicted molar refractivity (Wildman–Crippen MR) is 75.0 cm³/mol. The molecule has 2 aromatic rings. The highest BCUT2D eigenvalue weighted by molar-refractivity contribution is 5.41. The van der Waals surface area contributed by atoms with Gasteiger partial charge in [-0.3, -0.25) is 0 Å². The molecule has 0 bridgehead atoms. The zero-order valence-electron chi connectivity index (χ0n) is 10.3. The molecule has 0 unspecified atom stereocenters. The molecule has 0 aromatic heterocycles. The van der Waals surface area contributed by atoms with Crippen molar-refractivity contribution in [3.05, 3.63) is 71.8 Å². The Morgan fingerprint density at radius 1 is 0.722 bits per heavy atom. The molecule has 0 aliphatic carbocycles. The second-order valence-electron chi connectivity index (χ2n) is 4.02. The van der Waals surface area contributed by atoms with Gasteiger partial charge in [-0.25, -0.2) is 9.98 Å². The smallest absolute Gasteiger partial charge is 0.0896 e. The van der Waals surface area contributed by atoms with Crippen LogP contribution in [0.3, 0.4) is 0 Å².